The average molecular weight is 293 g/mol. The summed E-state index contributed by atoms with van der Waals surface area (Å²) in [5, 5.41) is 3.36. The molecule has 0 aliphatic heterocycles. The number of ether oxygens (including phenoxy) is 2. The molecule has 120 valence electrons. The molecule has 0 radical (unpaired) electrons. The molecule has 1 aromatic rings. The Morgan fingerprint density at radius 1 is 1.00 bits per heavy atom. The summed E-state index contributed by atoms with van der Waals surface area (Å²) >= 11 is 0. The molecule has 0 bridgehead atoms. The van der Waals surface area contributed by atoms with Crippen LogP contribution in [0.15, 0.2) is 24.3 Å². The summed E-state index contributed by atoms with van der Waals surface area (Å²) in [6.45, 7) is 9.73. The van der Waals surface area contributed by atoms with Crippen LogP contribution in [-0.2, 0) is 11.2 Å². The number of aryl methyl sites for hydroxylation is 1. The number of unbranched alkanes of at least 4 members (excludes halogenated alkanes) is 1. The molecule has 3 heteroatoms. The van der Waals surface area contributed by atoms with Gasteiger partial charge in [-0.3, -0.25) is 0 Å². The minimum atomic E-state index is 0.327. The topological polar surface area (TPSA) is 30.5 Å². The fourth-order valence-electron chi connectivity index (χ4n) is 2.02. The van der Waals surface area contributed by atoms with Crippen LogP contribution in [-0.4, -0.2) is 32.4 Å². The Balaban J connectivity index is 2.02. The zero-order chi connectivity index (χ0) is 15.3. The Morgan fingerprint density at radius 3 is 2.43 bits per heavy atom. The highest BCUT2D eigenvalue weighted by Gasteiger charge is 1.96. The van der Waals surface area contributed by atoms with Crippen LogP contribution in [0.5, 0.6) is 5.75 Å². The maximum Gasteiger partial charge on any atom is 0.119 e. The van der Waals surface area contributed by atoms with Gasteiger partial charge < -0.3 is 14.8 Å². The van der Waals surface area contributed by atoms with Crippen molar-refractivity contribution >= 4 is 0 Å². The summed E-state index contributed by atoms with van der Waals surface area (Å²) < 4.78 is 11.2. The van der Waals surface area contributed by atoms with Gasteiger partial charge in [-0.2, -0.15) is 0 Å². The van der Waals surface area contributed by atoms with Crippen LogP contribution >= 0.6 is 0 Å². The van der Waals surface area contributed by atoms with Crippen molar-refractivity contribution < 1.29 is 9.47 Å². The van der Waals surface area contributed by atoms with Crippen LogP contribution in [0.2, 0.25) is 0 Å². The molecule has 0 aliphatic rings. The number of benzene rings is 1. The highest BCUT2D eigenvalue weighted by molar-refractivity contribution is 5.27. The van der Waals surface area contributed by atoms with Gasteiger partial charge in [-0.05, 0) is 57.4 Å². The highest BCUT2D eigenvalue weighted by atomic mass is 16.5. The van der Waals surface area contributed by atoms with Crippen molar-refractivity contribution in [2.24, 2.45) is 0 Å². The van der Waals surface area contributed by atoms with Crippen LogP contribution in [0.25, 0.3) is 0 Å². The molecule has 21 heavy (non-hydrogen) atoms. The minimum absolute atomic E-state index is 0.327. The van der Waals surface area contributed by atoms with E-state index in [0.29, 0.717) is 12.7 Å². The first-order chi connectivity index (χ1) is 10.2. The van der Waals surface area contributed by atoms with Crippen LogP contribution in [0.4, 0.5) is 0 Å². The van der Waals surface area contributed by atoms with Crippen molar-refractivity contribution in [1.29, 1.82) is 0 Å². The summed E-state index contributed by atoms with van der Waals surface area (Å²) in [6.07, 6.45) is 5.03. The fourth-order valence-corrected chi connectivity index (χ4v) is 2.02. The lowest BCUT2D eigenvalue weighted by Crippen LogP contribution is -2.23. The summed E-state index contributed by atoms with van der Waals surface area (Å²) in [4.78, 5) is 0. The number of hydrogen-bond acceptors (Lipinski definition) is 3. The third-order valence-electron chi connectivity index (χ3n) is 3.24. The van der Waals surface area contributed by atoms with Gasteiger partial charge in [0.15, 0.2) is 0 Å². The lowest BCUT2D eigenvalue weighted by molar-refractivity contribution is 0.0770. The van der Waals surface area contributed by atoms with Gasteiger partial charge in [0.05, 0.1) is 6.10 Å². The van der Waals surface area contributed by atoms with Gasteiger partial charge in [-0.1, -0.05) is 25.5 Å². The van der Waals surface area contributed by atoms with Crippen molar-refractivity contribution in [3.63, 3.8) is 0 Å². The third-order valence-corrected chi connectivity index (χ3v) is 3.24. The molecule has 0 spiro atoms. The molecule has 1 rings (SSSR count). The Hall–Kier alpha value is -1.06. The molecule has 0 amide bonds. The molecule has 0 aliphatic carbocycles. The van der Waals surface area contributed by atoms with E-state index in [1.54, 1.807) is 0 Å². The summed E-state index contributed by atoms with van der Waals surface area (Å²) in [7, 11) is 0. The van der Waals surface area contributed by atoms with Crippen LogP contribution < -0.4 is 10.1 Å². The standard InChI is InChI=1S/C18H31NO2/c1-4-5-7-17-8-10-18(11-9-17)21-15-13-19-12-6-14-20-16(2)3/h8-11,16,19H,4-7,12-15H2,1-3H3. The van der Waals surface area contributed by atoms with Gasteiger partial charge in [-0.15, -0.1) is 0 Å². The van der Waals surface area contributed by atoms with Crippen molar-refractivity contribution in [2.45, 2.75) is 52.6 Å². The average Bonchev–Trinajstić information content (AvgIpc) is 2.48. The van der Waals surface area contributed by atoms with Crippen LogP contribution in [0.3, 0.4) is 0 Å². The second kappa shape index (κ2) is 11.6. The molecule has 0 saturated carbocycles. The molecular formula is C18H31NO2. The largest absolute Gasteiger partial charge is 0.492 e. The summed E-state index contributed by atoms with van der Waals surface area (Å²) in [5.41, 5.74) is 1.40. The Kier molecular flexibility index (Phi) is 9.92. The van der Waals surface area contributed by atoms with Crippen molar-refractivity contribution in [3.8, 4) is 5.75 Å². The molecular weight excluding hydrogens is 262 g/mol. The molecule has 0 atom stereocenters. The lowest BCUT2D eigenvalue weighted by Gasteiger charge is -2.09. The summed E-state index contributed by atoms with van der Waals surface area (Å²) in [5.74, 6) is 0.959. The molecule has 1 N–H and O–H groups in total. The predicted molar refractivity (Wildman–Crippen MR) is 89.1 cm³/mol. The number of rotatable bonds is 12. The van der Waals surface area contributed by atoms with Gasteiger partial charge in [0.2, 0.25) is 0 Å². The van der Waals surface area contributed by atoms with E-state index in [4.69, 9.17) is 9.47 Å². The van der Waals surface area contributed by atoms with Gasteiger partial charge in [0, 0.05) is 13.2 Å². The number of hydrogen-bond donors (Lipinski definition) is 1. The second-order valence-electron chi connectivity index (χ2n) is 5.62. The number of nitrogens with one attached hydrogen (secondary N) is 1. The van der Waals surface area contributed by atoms with E-state index in [0.717, 1.165) is 38.3 Å². The van der Waals surface area contributed by atoms with Crippen LogP contribution in [0.1, 0.15) is 45.6 Å². The van der Waals surface area contributed by atoms with E-state index >= 15 is 0 Å². The zero-order valence-electron chi connectivity index (χ0n) is 13.9. The van der Waals surface area contributed by atoms with Crippen molar-refractivity contribution in [2.75, 3.05) is 26.3 Å². The fraction of sp³-hybridized carbons (Fsp3) is 0.667. The molecule has 3 nitrogen and oxygen atoms in total. The highest BCUT2D eigenvalue weighted by Crippen LogP contribution is 2.13. The molecule has 0 fully saturated rings. The van der Waals surface area contributed by atoms with Gasteiger partial charge in [-0.25, -0.2) is 0 Å². The SMILES string of the molecule is CCCCc1ccc(OCCNCCCOC(C)C)cc1. The molecule has 0 saturated heterocycles. The zero-order valence-corrected chi connectivity index (χ0v) is 13.9. The van der Waals surface area contributed by atoms with Gasteiger partial charge in [0.25, 0.3) is 0 Å². The van der Waals surface area contributed by atoms with E-state index in [9.17, 15) is 0 Å². The van der Waals surface area contributed by atoms with Crippen molar-refractivity contribution in [1.82, 2.24) is 5.32 Å². The lowest BCUT2D eigenvalue weighted by atomic mass is 10.1. The van der Waals surface area contributed by atoms with E-state index in [2.05, 4.69) is 50.4 Å². The Bertz CT molecular complexity index is 349. The smallest absolute Gasteiger partial charge is 0.119 e. The first kappa shape index (κ1) is 18.0. The Labute approximate surface area is 130 Å². The molecule has 0 heterocycles. The normalized spacial score (nSPS) is 11.0. The summed E-state index contributed by atoms with van der Waals surface area (Å²) in [6, 6.07) is 8.48. The predicted octanol–water partition coefficient (Wildman–Crippen LogP) is 3.81. The first-order valence-electron chi connectivity index (χ1n) is 8.26. The van der Waals surface area contributed by atoms with Gasteiger partial charge in [0.1, 0.15) is 12.4 Å². The van der Waals surface area contributed by atoms with Crippen LogP contribution in [0, 0.1) is 0 Å². The third kappa shape index (κ3) is 9.48. The van der Waals surface area contributed by atoms with Crippen molar-refractivity contribution in [3.05, 3.63) is 29.8 Å². The maximum atomic E-state index is 5.72. The molecule has 0 aromatic heterocycles. The molecule has 1 aromatic carbocycles. The second-order valence-corrected chi connectivity index (χ2v) is 5.62. The van der Waals surface area contributed by atoms with E-state index in [1.807, 2.05) is 0 Å². The molecule has 0 unspecified atom stereocenters. The van der Waals surface area contributed by atoms with E-state index in [1.165, 1.54) is 18.4 Å². The Morgan fingerprint density at radius 2 is 1.76 bits per heavy atom. The van der Waals surface area contributed by atoms with E-state index in [-0.39, 0.29) is 0 Å². The van der Waals surface area contributed by atoms with E-state index < -0.39 is 0 Å². The first-order valence-corrected chi connectivity index (χ1v) is 8.26. The monoisotopic (exact) mass is 293 g/mol. The minimum Gasteiger partial charge on any atom is -0.492 e. The maximum absolute atomic E-state index is 5.72. The van der Waals surface area contributed by atoms with Gasteiger partial charge >= 0.3 is 0 Å². The quantitative estimate of drug-likeness (QED) is 0.594.